The zero-order chi connectivity index (χ0) is 12.0. The molecule has 0 aromatic carbocycles. The van der Waals surface area contributed by atoms with Crippen LogP contribution in [0, 0.1) is 0 Å². The number of anilines is 1. The highest BCUT2D eigenvalue weighted by Crippen LogP contribution is 2.24. The molecule has 1 heterocycles. The molecular formula is C12H21ClN2S. The predicted molar refractivity (Wildman–Crippen MR) is 73.7 cm³/mol. The second-order valence-electron chi connectivity index (χ2n) is 4.06. The fourth-order valence-electron chi connectivity index (χ4n) is 1.54. The van der Waals surface area contributed by atoms with Gasteiger partial charge in [0, 0.05) is 18.0 Å². The van der Waals surface area contributed by atoms with Gasteiger partial charge in [-0.2, -0.15) is 0 Å². The molecule has 1 rings (SSSR count). The number of thiazole rings is 1. The Balaban J connectivity index is 2.74. The van der Waals surface area contributed by atoms with Gasteiger partial charge in [0.1, 0.15) is 0 Å². The average molecular weight is 261 g/mol. The van der Waals surface area contributed by atoms with E-state index in [4.69, 9.17) is 11.6 Å². The maximum atomic E-state index is 5.79. The Bertz CT molecular complexity index is 301. The number of unbranched alkanes of at least 4 members (excludes halogenated alkanes) is 1. The van der Waals surface area contributed by atoms with Gasteiger partial charge in [0.05, 0.1) is 11.6 Å². The molecule has 1 aromatic heterocycles. The van der Waals surface area contributed by atoms with Crippen LogP contribution in [0.3, 0.4) is 0 Å². The molecule has 0 aliphatic carbocycles. The molecule has 0 N–H and O–H groups in total. The van der Waals surface area contributed by atoms with Gasteiger partial charge in [0.15, 0.2) is 5.13 Å². The highest BCUT2D eigenvalue weighted by atomic mass is 35.5. The fourth-order valence-corrected chi connectivity index (χ4v) is 2.73. The fraction of sp³-hybridized carbons (Fsp3) is 0.750. The Kier molecular flexibility index (Phi) is 6.14. The van der Waals surface area contributed by atoms with Gasteiger partial charge < -0.3 is 4.90 Å². The number of aromatic nitrogens is 1. The van der Waals surface area contributed by atoms with Crippen LogP contribution < -0.4 is 4.90 Å². The lowest BCUT2D eigenvalue weighted by molar-refractivity contribution is 0.594. The van der Waals surface area contributed by atoms with Gasteiger partial charge in [-0.3, -0.25) is 0 Å². The van der Waals surface area contributed by atoms with E-state index in [1.807, 2.05) is 0 Å². The minimum absolute atomic E-state index is 0.513. The maximum Gasteiger partial charge on any atom is 0.185 e. The quantitative estimate of drug-likeness (QED) is 0.680. The van der Waals surface area contributed by atoms with Gasteiger partial charge in [-0.1, -0.05) is 20.3 Å². The number of rotatable bonds is 7. The first-order valence-electron chi connectivity index (χ1n) is 5.99. The molecule has 0 spiro atoms. The Hall–Kier alpha value is -0.280. The van der Waals surface area contributed by atoms with Crippen LogP contribution in [0.15, 0.2) is 5.38 Å². The zero-order valence-corrected chi connectivity index (χ0v) is 11.9. The molecular weight excluding hydrogens is 240 g/mol. The molecule has 92 valence electrons. The first-order chi connectivity index (χ1) is 7.72. The standard InChI is InChI=1S/C12H21ClN2S/c1-4-6-7-15(10(3)5-2)12-14-11(8-13)9-16-12/h9-10H,4-8H2,1-3H3. The van der Waals surface area contributed by atoms with Crippen molar-refractivity contribution < 1.29 is 0 Å². The second-order valence-corrected chi connectivity index (χ2v) is 5.16. The van der Waals surface area contributed by atoms with Crippen molar-refractivity contribution in [3.63, 3.8) is 0 Å². The maximum absolute atomic E-state index is 5.79. The van der Waals surface area contributed by atoms with Gasteiger partial charge in [0.25, 0.3) is 0 Å². The van der Waals surface area contributed by atoms with Crippen molar-refractivity contribution in [3.8, 4) is 0 Å². The van der Waals surface area contributed by atoms with E-state index >= 15 is 0 Å². The lowest BCUT2D eigenvalue weighted by Gasteiger charge is -2.28. The van der Waals surface area contributed by atoms with Crippen LogP contribution in [-0.4, -0.2) is 17.6 Å². The van der Waals surface area contributed by atoms with Crippen molar-refractivity contribution in [1.82, 2.24) is 4.98 Å². The number of nitrogens with zero attached hydrogens (tertiary/aromatic N) is 2. The van der Waals surface area contributed by atoms with Gasteiger partial charge in [-0.05, 0) is 19.8 Å². The molecule has 0 saturated heterocycles. The summed E-state index contributed by atoms with van der Waals surface area (Å²) in [4.78, 5) is 6.97. The van der Waals surface area contributed by atoms with Gasteiger partial charge >= 0.3 is 0 Å². The van der Waals surface area contributed by atoms with Crippen LogP contribution in [0.1, 0.15) is 45.7 Å². The van der Waals surface area contributed by atoms with Crippen LogP contribution in [0.4, 0.5) is 5.13 Å². The summed E-state index contributed by atoms with van der Waals surface area (Å²) in [5.41, 5.74) is 0.992. The summed E-state index contributed by atoms with van der Waals surface area (Å²) in [7, 11) is 0. The molecule has 1 unspecified atom stereocenters. The normalized spacial score (nSPS) is 12.8. The van der Waals surface area contributed by atoms with Crippen molar-refractivity contribution in [2.45, 2.75) is 52.0 Å². The minimum atomic E-state index is 0.513. The first kappa shape index (κ1) is 13.8. The number of alkyl halides is 1. The molecule has 0 aliphatic heterocycles. The van der Waals surface area contributed by atoms with Crippen molar-refractivity contribution in [2.24, 2.45) is 0 Å². The van der Waals surface area contributed by atoms with Crippen molar-refractivity contribution in [3.05, 3.63) is 11.1 Å². The average Bonchev–Trinajstić information content (AvgIpc) is 2.77. The summed E-state index contributed by atoms with van der Waals surface area (Å²) in [6, 6.07) is 0.556. The van der Waals surface area contributed by atoms with Crippen molar-refractivity contribution in [1.29, 1.82) is 0 Å². The first-order valence-corrected chi connectivity index (χ1v) is 7.41. The van der Waals surface area contributed by atoms with Crippen LogP contribution >= 0.6 is 22.9 Å². The summed E-state index contributed by atoms with van der Waals surface area (Å²) < 4.78 is 0. The molecule has 4 heteroatoms. The Morgan fingerprint density at radius 1 is 1.50 bits per heavy atom. The Morgan fingerprint density at radius 2 is 2.25 bits per heavy atom. The highest BCUT2D eigenvalue weighted by Gasteiger charge is 2.15. The SMILES string of the molecule is CCCCN(c1nc(CCl)cs1)C(C)CC. The molecule has 0 radical (unpaired) electrons. The molecule has 0 aliphatic rings. The summed E-state index contributed by atoms with van der Waals surface area (Å²) in [6.45, 7) is 7.80. The van der Waals surface area contributed by atoms with Crippen LogP contribution in [-0.2, 0) is 5.88 Å². The predicted octanol–water partition coefficient (Wildman–Crippen LogP) is 4.29. The van der Waals surface area contributed by atoms with E-state index in [2.05, 4.69) is 36.0 Å². The smallest absolute Gasteiger partial charge is 0.185 e. The zero-order valence-electron chi connectivity index (χ0n) is 10.4. The lowest BCUT2D eigenvalue weighted by Crippen LogP contribution is -2.33. The summed E-state index contributed by atoms with van der Waals surface area (Å²) in [5, 5.41) is 3.18. The van der Waals surface area contributed by atoms with E-state index in [1.54, 1.807) is 11.3 Å². The molecule has 1 aromatic rings. The van der Waals surface area contributed by atoms with E-state index in [1.165, 1.54) is 12.8 Å². The van der Waals surface area contributed by atoms with E-state index in [0.29, 0.717) is 11.9 Å². The second kappa shape index (κ2) is 7.13. The third-order valence-corrected chi connectivity index (χ3v) is 4.00. The monoisotopic (exact) mass is 260 g/mol. The molecule has 0 amide bonds. The van der Waals surface area contributed by atoms with Crippen molar-refractivity contribution in [2.75, 3.05) is 11.4 Å². The summed E-state index contributed by atoms with van der Waals surface area (Å²) >= 11 is 7.50. The van der Waals surface area contributed by atoms with Gasteiger partial charge in [0.2, 0.25) is 0 Å². The van der Waals surface area contributed by atoms with Crippen LogP contribution in [0.25, 0.3) is 0 Å². The molecule has 0 fully saturated rings. The van der Waals surface area contributed by atoms with Crippen LogP contribution in [0.5, 0.6) is 0 Å². The number of hydrogen-bond donors (Lipinski definition) is 0. The topological polar surface area (TPSA) is 16.1 Å². The van der Waals surface area contributed by atoms with Gasteiger partial charge in [-0.25, -0.2) is 4.98 Å². The Morgan fingerprint density at radius 3 is 2.75 bits per heavy atom. The molecule has 16 heavy (non-hydrogen) atoms. The third kappa shape index (κ3) is 3.63. The van der Waals surface area contributed by atoms with E-state index in [0.717, 1.165) is 23.8 Å². The molecule has 0 saturated carbocycles. The van der Waals surface area contributed by atoms with Crippen LogP contribution in [0.2, 0.25) is 0 Å². The molecule has 0 bridgehead atoms. The largest absolute Gasteiger partial charge is 0.345 e. The third-order valence-electron chi connectivity index (χ3n) is 2.80. The molecule has 2 nitrogen and oxygen atoms in total. The highest BCUT2D eigenvalue weighted by molar-refractivity contribution is 7.13. The summed E-state index contributed by atoms with van der Waals surface area (Å²) in [6.07, 6.45) is 3.60. The summed E-state index contributed by atoms with van der Waals surface area (Å²) in [5.74, 6) is 0.513. The van der Waals surface area contributed by atoms with Crippen molar-refractivity contribution >= 4 is 28.1 Å². The van der Waals surface area contributed by atoms with E-state index in [9.17, 15) is 0 Å². The van der Waals surface area contributed by atoms with E-state index in [-0.39, 0.29) is 0 Å². The van der Waals surface area contributed by atoms with E-state index < -0.39 is 0 Å². The molecule has 1 atom stereocenters. The number of hydrogen-bond acceptors (Lipinski definition) is 3. The number of halogens is 1. The minimum Gasteiger partial charge on any atom is -0.345 e. The lowest BCUT2D eigenvalue weighted by atomic mass is 10.2. The Labute approximate surface area is 108 Å². The van der Waals surface area contributed by atoms with Gasteiger partial charge in [-0.15, -0.1) is 22.9 Å².